The molecule has 0 aliphatic rings. The van der Waals surface area contributed by atoms with Crippen LogP contribution in [0.15, 0.2) is 63.8 Å². The minimum absolute atomic E-state index is 0.254. The van der Waals surface area contributed by atoms with Gasteiger partial charge in [-0.05, 0) is 29.2 Å². The molecule has 9 nitrogen and oxygen atoms in total. The summed E-state index contributed by atoms with van der Waals surface area (Å²) in [4.78, 5) is 47.4. The SMILES string of the molecule is CC[C@@H](C)[C@@H](NC(=O)CNC(=O)COc1ccc2c(-c3ccccc3)cc(=O)oc2c1)C(=O)O. The number of aliphatic carboxylic acids is 1. The molecule has 0 saturated carbocycles. The van der Waals surface area contributed by atoms with Crippen molar-refractivity contribution in [2.24, 2.45) is 5.92 Å². The van der Waals surface area contributed by atoms with Gasteiger partial charge in [-0.2, -0.15) is 0 Å². The predicted molar refractivity (Wildman–Crippen MR) is 125 cm³/mol. The Morgan fingerprint density at radius 3 is 2.47 bits per heavy atom. The zero-order chi connectivity index (χ0) is 24.7. The zero-order valence-electron chi connectivity index (χ0n) is 18.9. The Kier molecular flexibility index (Phi) is 8.02. The van der Waals surface area contributed by atoms with Crippen LogP contribution in [0.5, 0.6) is 5.75 Å². The molecule has 0 unspecified atom stereocenters. The standard InChI is InChI=1S/C25H26N2O7/c1-3-15(2)24(25(31)32)27-21(28)13-26-22(29)14-33-17-9-10-18-19(16-7-5-4-6-8-16)12-23(30)34-20(18)11-17/h4-12,15,24H,3,13-14H2,1-2H3,(H,26,29)(H,27,28)(H,31,32)/t15-,24-/m1/s1. The van der Waals surface area contributed by atoms with Crippen molar-refractivity contribution in [1.29, 1.82) is 0 Å². The average molecular weight is 466 g/mol. The van der Waals surface area contributed by atoms with Crippen molar-refractivity contribution in [2.75, 3.05) is 13.2 Å². The molecule has 0 aliphatic heterocycles. The Morgan fingerprint density at radius 2 is 1.79 bits per heavy atom. The lowest BCUT2D eigenvalue weighted by molar-refractivity contribution is -0.143. The first kappa shape index (κ1) is 24.5. The molecule has 2 aromatic carbocycles. The molecule has 0 spiro atoms. The number of nitrogens with one attached hydrogen (secondary N) is 2. The van der Waals surface area contributed by atoms with E-state index in [1.807, 2.05) is 37.3 Å². The Balaban J connectivity index is 1.60. The largest absolute Gasteiger partial charge is 0.484 e. The van der Waals surface area contributed by atoms with E-state index in [4.69, 9.17) is 9.15 Å². The molecular weight excluding hydrogens is 440 g/mol. The van der Waals surface area contributed by atoms with Crippen molar-refractivity contribution in [3.05, 3.63) is 65.0 Å². The third kappa shape index (κ3) is 6.22. The van der Waals surface area contributed by atoms with Gasteiger partial charge in [-0.1, -0.05) is 50.6 Å². The van der Waals surface area contributed by atoms with Crippen LogP contribution in [0.25, 0.3) is 22.1 Å². The maximum atomic E-state index is 12.1. The summed E-state index contributed by atoms with van der Waals surface area (Å²) in [5.41, 5.74) is 1.39. The molecule has 0 radical (unpaired) electrons. The van der Waals surface area contributed by atoms with Crippen LogP contribution in [0.2, 0.25) is 0 Å². The number of rotatable bonds is 10. The van der Waals surface area contributed by atoms with Crippen LogP contribution in [-0.4, -0.2) is 42.1 Å². The first-order valence-electron chi connectivity index (χ1n) is 10.8. The third-order valence-corrected chi connectivity index (χ3v) is 5.41. The molecule has 0 bridgehead atoms. The number of amides is 2. The molecular formula is C25H26N2O7. The molecule has 1 aromatic heterocycles. The van der Waals surface area contributed by atoms with Crippen LogP contribution in [-0.2, 0) is 14.4 Å². The first-order valence-corrected chi connectivity index (χ1v) is 10.8. The molecule has 0 fully saturated rings. The van der Waals surface area contributed by atoms with Gasteiger partial charge in [0.1, 0.15) is 17.4 Å². The zero-order valence-corrected chi connectivity index (χ0v) is 18.9. The highest BCUT2D eigenvalue weighted by Crippen LogP contribution is 2.29. The molecule has 0 aliphatic carbocycles. The Labute approximate surface area is 195 Å². The van der Waals surface area contributed by atoms with Crippen LogP contribution < -0.4 is 21.0 Å². The lowest BCUT2D eigenvalue weighted by Gasteiger charge is -2.20. The Bertz CT molecular complexity index is 1240. The Morgan fingerprint density at radius 1 is 1.06 bits per heavy atom. The number of carbonyl (C=O) groups excluding carboxylic acids is 2. The van der Waals surface area contributed by atoms with Gasteiger partial charge < -0.3 is 24.9 Å². The van der Waals surface area contributed by atoms with Gasteiger partial charge in [0.05, 0.1) is 6.54 Å². The lowest BCUT2D eigenvalue weighted by Crippen LogP contribution is -2.48. The predicted octanol–water partition coefficient (Wildman–Crippen LogP) is 2.57. The smallest absolute Gasteiger partial charge is 0.336 e. The summed E-state index contributed by atoms with van der Waals surface area (Å²) in [6.45, 7) is 2.79. The van der Waals surface area contributed by atoms with Crippen LogP contribution in [0.1, 0.15) is 20.3 Å². The van der Waals surface area contributed by atoms with E-state index >= 15 is 0 Å². The van der Waals surface area contributed by atoms with E-state index in [2.05, 4.69) is 10.6 Å². The molecule has 9 heteroatoms. The number of fused-ring (bicyclic) bond motifs is 1. The number of carbonyl (C=O) groups is 3. The highest BCUT2D eigenvalue weighted by Gasteiger charge is 2.25. The average Bonchev–Trinajstić information content (AvgIpc) is 2.83. The van der Waals surface area contributed by atoms with E-state index in [-0.39, 0.29) is 19.1 Å². The number of carboxylic acid groups (broad SMARTS) is 1. The number of carboxylic acids is 1. The fourth-order valence-electron chi connectivity index (χ4n) is 3.38. The van der Waals surface area contributed by atoms with E-state index < -0.39 is 29.5 Å². The fourth-order valence-corrected chi connectivity index (χ4v) is 3.38. The molecule has 2 atom stereocenters. The maximum absolute atomic E-state index is 12.1. The highest BCUT2D eigenvalue weighted by atomic mass is 16.5. The van der Waals surface area contributed by atoms with Gasteiger partial charge >= 0.3 is 11.6 Å². The fraction of sp³-hybridized carbons (Fsp3) is 0.280. The van der Waals surface area contributed by atoms with E-state index in [9.17, 15) is 24.3 Å². The molecule has 3 N–H and O–H groups in total. The second-order valence-electron chi connectivity index (χ2n) is 7.84. The summed E-state index contributed by atoms with van der Waals surface area (Å²) < 4.78 is 10.8. The van der Waals surface area contributed by atoms with Crippen LogP contribution in [0.3, 0.4) is 0 Å². The van der Waals surface area contributed by atoms with Gasteiger partial charge in [-0.3, -0.25) is 9.59 Å². The maximum Gasteiger partial charge on any atom is 0.336 e. The minimum Gasteiger partial charge on any atom is -0.484 e. The van der Waals surface area contributed by atoms with Crippen molar-refractivity contribution in [2.45, 2.75) is 26.3 Å². The summed E-state index contributed by atoms with van der Waals surface area (Å²) in [5, 5.41) is 14.7. The number of benzene rings is 2. The number of hydrogen-bond donors (Lipinski definition) is 3. The molecule has 3 rings (SSSR count). The van der Waals surface area contributed by atoms with Gasteiger partial charge in [0.2, 0.25) is 5.91 Å². The van der Waals surface area contributed by atoms with E-state index in [0.717, 1.165) is 11.1 Å². The van der Waals surface area contributed by atoms with Gasteiger partial charge in [-0.15, -0.1) is 0 Å². The number of ether oxygens (including phenoxy) is 1. The van der Waals surface area contributed by atoms with E-state index in [1.165, 1.54) is 12.1 Å². The molecule has 1 heterocycles. The Hall–Kier alpha value is -4.14. The van der Waals surface area contributed by atoms with Gasteiger partial charge in [0.25, 0.3) is 5.91 Å². The minimum atomic E-state index is -1.13. The third-order valence-electron chi connectivity index (χ3n) is 5.41. The molecule has 0 saturated heterocycles. The lowest BCUT2D eigenvalue weighted by atomic mass is 9.99. The van der Waals surface area contributed by atoms with Crippen molar-refractivity contribution in [3.8, 4) is 16.9 Å². The summed E-state index contributed by atoms with van der Waals surface area (Å²) in [7, 11) is 0. The van der Waals surface area contributed by atoms with Gasteiger partial charge in [0, 0.05) is 17.5 Å². The van der Waals surface area contributed by atoms with Crippen molar-refractivity contribution in [1.82, 2.24) is 10.6 Å². The normalized spacial score (nSPS) is 12.5. The second-order valence-corrected chi connectivity index (χ2v) is 7.84. The van der Waals surface area contributed by atoms with E-state index in [1.54, 1.807) is 19.1 Å². The molecule has 2 amide bonds. The first-order chi connectivity index (χ1) is 16.3. The van der Waals surface area contributed by atoms with Crippen molar-refractivity contribution < 1.29 is 28.6 Å². The quantitative estimate of drug-likeness (QED) is 0.391. The van der Waals surface area contributed by atoms with Crippen LogP contribution in [0, 0.1) is 5.92 Å². The summed E-state index contributed by atoms with van der Waals surface area (Å²) in [6, 6.07) is 14.7. The van der Waals surface area contributed by atoms with E-state index in [0.29, 0.717) is 23.1 Å². The second kappa shape index (κ2) is 11.1. The molecule has 3 aromatic rings. The summed E-state index contributed by atoms with van der Waals surface area (Å²) in [6.07, 6.45) is 0.580. The summed E-state index contributed by atoms with van der Waals surface area (Å²) >= 11 is 0. The van der Waals surface area contributed by atoms with Gasteiger partial charge in [0.15, 0.2) is 6.61 Å². The van der Waals surface area contributed by atoms with Crippen molar-refractivity contribution in [3.63, 3.8) is 0 Å². The summed E-state index contributed by atoms with van der Waals surface area (Å²) in [5.74, 6) is -2.25. The van der Waals surface area contributed by atoms with Crippen LogP contribution in [0.4, 0.5) is 0 Å². The molecule has 34 heavy (non-hydrogen) atoms. The highest BCUT2D eigenvalue weighted by molar-refractivity contribution is 5.94. The topological polar surface area (TPSA) is 135 Å². The van der Waals surface area contributed by atoms with Crippen molar-refractivity contribution >= 4 is 28.8 Å². The van der Waals surface area contributed by atoms with Gasteiger partial charge in [-0.25, -0.2) is 9.59 Å². The number of hydrogen-bond acceptors (Lipinski definition) is 6. The monoisotopic (exact) mass is 466 g/mol. The van der Waals surface area contributed by atoms with Crippen LogP contribution >= 0.6 is 0 Å². The molecule has 178 valence electrons.